The van der Waals surface area contributed by atoms with Crippen LogP contribution in [0.1, 0.15) is 36.5 Å². The van der Waals surface area contributed by atoms with E-state index in [-0.39, 0.29) is 0 Å². The molecule has 27 heavy (non-hydrogen) atoms. The minimum atomic E-state index is -3.55. The quantitative estimate of drug-likeness (QED) is 0.622. The summed E-state index contributed by atoms with van der Waals surface area (Å²) < 4.78 is 39.0. The molecule has 2 rings (SSSR count). The van der Waals surface area contributed by atoms with Crippen LogP contribution in [0, 0.1) is 13.8 Å². The summed E-state index contributed by atoms with van der Waals surface area (Å²) >= 11 is 0. The van der Waals surface area contributed by atoms with Gasteiger partial charge in [0.25, 0.3) is 0 Å². The summed E-state index contributed by atoms with van der Waals surface area (Å²) in [7, 11) is -1.97. The zero-order valence-electron chi connectivity index (χ0n) is 16.5. The van der Waals surface area contributed by atoms with E-state index >= 15 is 0 Å². The Kier molecular flexibility index (Phi) is 7.68. The van der Waals surface area contributed by atoms with Gasteiger partial charge in [-0.1, -0.05) is 25.1 Å². The van der Waals surface area contributed by atoms with Crippen molar-refractivity contribution in [2.75, 3.05) is 20.3 Å². The summed E-state index contributed by atoms with van der Waals surface area (Å²) in [4.78, 5) is 0.299. The minimum absolute atomic E-state index is 0.299. The van der Waals surface area contributed by atoms with E-state index in [4.69, 9.17) is 9.47 Å². The van der Waals surface area contributed by atoms with Crippen LogP contribution >= 0.6 is 0 Å². The van der Waals surface area contributed by atoms with Gasteiger partial charge in [0, 0.05) is 6.54 Å². The van der Waals surface area contributed by atoms with Crippen molar-refractivity contribution in [3.05, 3.63) is 53.1 Å². The summed E-state index contributed by atoms with van der Waals surface area (Å²) in [6.07, 6.45) is 2.40. The number of hydrogen-bond acceptors (Lipinski definition) is 4. The third-order valence-electron chi connectivity index (χ3n) is 4.55. The van der Waals surface area contributed by atoms with Gasteiger partial charge in [-0.25, -0.2) is 13.1 Å². The Bertz CT molecular complexity index is 862. The summed E-state index contributed by atoms with van der Waals surface area (Å²) in [6, 6.07) is 11.2. The van der Waals surface area contributed by atoms with E-state index in [1.54, 1.807) is 26.2 Å². The molecule has 2 aromatic rings. The maximum Gasteiger partial charge on any atom is 0.240 e. The lowest BCUT2D eigenvalue weighted by molar-refractivity contribution is 0.314. The van der Waals surface area contributed by atoms with Crippen molar-refractivity contribution < 1.29 is 17.9 Å². The van der Waals surface area contributed by atoms with Crippen LogP contribution in [-0.2, 0) is 16.4 Å². The number of benzene rings is 2. The highest BCUT2D eigenvalue weighted by Crippen LogP contribution is 2.26. The first kappa shape index (κ1) is 21.3. The largest absolute Gasteiger partial charge is 0.496 e. The number of para-hydroxylation sites is 1. The molecule has 0 spiro atoms. The fourth-order valence-electron chi connectivity index (χ4n) is 2.91. The Morgan fingerprint density at radius 3 is 2.44 bits per heavy atom. The highest BCUT2D eigenvalue weighted by atomic mass is 32.2. The number of sulfonamides is 1. The van der Waals surface area contributed by atoms with Crippen LogP contribution in [0.3, 0.4) is 0 Å². The number of hydrogen-bond donors (Lipinski definition) is 1. The lowest BCUT2D eigenvalue weighted by Gasteiger charge is -2.14. The van der Waals surface area contributed by atoms with Gasteiger partial charge in [0.2, 0.25) is 10.0 Å². The van der Waals surface area contributed by atoms with Gasteiger partial charge in [-0.05, 0) is 68.0 Å². The van der Waals surface area contributed by atoms with E-state index in [0.29, 0.717) is 35.8 Å². The van der Waals surface area contributed by atoms with Crippen molar-refractivity contribution in [2.24, 2.45) is 0 Å². The second kappa shape index (κ2) is 9.76. The smallest absolute Gasteiger partial charge is 0.240 e. The lowest BCUT2D eigenvalue weighted by atomic mass is 10.1. The molecule has 5 nitrogen and oxygen atoms in total. The van der Waals surface area contributed by atoms with Gasteiger partial charge in [0.15, 0.2) is 0 Å². The van der Waals surface area contributed by atoms with Gasteiger partial charge in [-0.15, -0.1) is 0 Å². The van der Waals surface area contributed by atoms with Crippen LogP contribution in [0.2, 0.25) is 0 Å². The summed E-state index contributed by atoms with van der Waals surface area (Å²) in [5, 5.41) is 0. The molecule has 0 atom stereocenters. The zero-order chi connectivity index (χ0) is 19.9. The highest BCUT2D eigenvalue weighted by molar-refractivity contribution is 7.89. The Labute approximate surface area is 162 Å². The van der Waals surface area contributed by atoms with Crippen LogP contribution in [0.15, 0.2) is 41.3 Å². The van der Waals surface area contributed by atoms with Crippen molar-refractivity contribution in [2.45, 2.75) is 44.9 Å². The molecule has 0 aromatic heterocycles. The second-order valence-electron chi connectivity index (χ2n) is 6.47. The SMILES string of the molecule is CCCOc1ccccc1CCCNS(=O)(=O)c1ccc(OC)c(C)c1C. The van der Waals surface area contributed by atoms with Crippen LogP contribution in [0.5, 0.6) is 11.5 Å². The molecule has 0 heterocycles. The number of ether oxygens (including phenoxy) is 2. The molecule has 0 aliphatic carbocycles. The average molecular weight is 392 g/mol. The monoisotopic (exact) mass is 391 g/mol. The van der Waals surface area contributed by atoms with E-state index < -0.39 is 10.0 Å². The fourth-order valence-corrected chi connectivity index (χ4v) is 4.28. The predicted molar refractivity (Wildman–Crippen MR) is 108 cm³/mol. The first-order valence-corrected chi connectivity index (χ1v) is 10.7. The van der Waals surface area contributed by atoms with Crippen molar-refractivity contribution in [3.8, 4) is 11.5 Å². The highest BCUT2D eigenvalue weighted by Gasteiger charge is 2.19. The molecule has 0 saturated carbocycles. The normalized spacial score (nSPS) is 11.4. The summed E-state index contributed by atoms with van der Waals surface area (Å²) in [5.41, 5.74) is 2.64. The number of aryl methyl sites for hydroxylation is 1. The Balaban J connectivity index is 1.98. The zero-order valence-corrected chi connectivity index (χ0v) is 17.4. The van der Waals surface area contributed by atoms with E-state index in [1.165, 1.54) is 0 Å². The van der Waals surface area contributed by atoms with E-state index in [0.717, 1.165) is 29.7 Å². The maximum absolute atomic E-state index is 12.6. The number of nitrogens with one attached hydrogen (secondary N) is 1. The van der Waals surface area contributed by atoms with Crippen LogP contribution in [0.4, 0.5) is 0 Å². The molecule has 6 heteroatoms. The second-order valence-corrected chi connectivity index (χ2v) is 8.21. The molecule has 0 bridgehead atoms. The summed E-state index contributed by atoms with van der Waals surface area (Å²) in [6.45, 7) is 6.78. The molecule has 148 valence electrons. The van der Waals surface area contributed by atoms with Gasteiger partial charge < -0.3 is 9.47 Å². The topological polar surface area (TPSA) is 64.6 Å². The standard InChI is InChI=1S/C21H29NO4S/c1-5-15-26-20-11-7-6-9-18(20)10-8-14-22-27(23,24)21-13-12-19(25-4)16(2)17(21)3/h6-7,9,11-13,22H,5,8,10,14-15H2,1-4H3. The summed E-state index contributed by atoms with van der Waals surface area (Å²) in [5.74, 6) is 1.57. The van der Waals surface area contributed by atoms with Gasteiger partial charge in [0.1, 0.15) is 11.5 Å². The first-order valence-electron chi connectivity index (χ1n) is 9.25. The van der Waals surface area contributed by atoms with Gasteiger partial charge >= 0.3 is 0 Å². The average Bonchev–Trinajstić information content (AvgIpc) is 2.66. The molecule has 0 radical (unpaired) electrons. The minimum Gasteiger partial charge on any atom is -0.496 e. The third kappa shape index (κ3) is 5.47. The maximum atomic E-state index is 12.6. The molecule has 0 aliphatic rings. The molecular formula is C21H29NO4S. The van der Waals surface area contributed by atoms with E-state index in [9.17, 15) is 8.42 Å². The molecule has 0 unspecified atom stereocenters. The van der Waals surface area contributed by atoms with Crippen molar-refractivity contribution in [1.29, 1.82) is 0 Å². The van der Waals surface area contributed by atoms with Crippen LogP contribution in [-0.4, -0.2) is 28.7 Å². The number of methoxy groups -OCH3 is 1. The Morgan fingerprint density at radius 1 is 1.00 bits per heavy atom. The van der Waals surface area contributed by atoms with Crippen molar-refractivity contribution in [3.63, 3.8) is 0 Å². The molecular weight excluding hydrogens is 362 g/mol. The van der Waals surface area contributed by atoms with Crippen LogP contribution < -0.4 is 14.2 Å². The molecule has 1 N–H and O–H groups in total. The molecule has 2 aromatic carbocycles. The van der Waals surface area contributed by atoms with Crippen molar-refractivity contribution >= 4 is 10.0 Å². The third-order valence-corrected chi connectivity index (χ3v) is 6.15. The van der Waals surface area contributed by atoms with Gasteiger partial charge in [-0.3, -0.25) is 0 Å². The van der Waals surface area contributed by atoms with Crippen LogP contribution in [0.25, 0.3) is 0 Å². The molecule has 0 aliphatic heterocycles. The Hall–Kier alpha value is -2.05. The fraction of sp³-hybridized carbons (Fsp3) is 0.429. The number of rotatable bonds is 10. The van der Waals surface area contributed by atoms with Crippen molar-refractivity contribution in [1.82, 2.24) is 4.72 Å². The van der Waals surface area contributed by atoms with E-state index in [2.05, 4.69) is 11.6 Å². The molecule has 0 amide bonds. The van der Waals surface area contributed by atoms with Gasteiger partial charge in [-0.2, -0.15) is 0 Å². The first-order chi connectivity index (χ1) is 12.9. The Morgan fingerprint density at radius 2 is 1.74 bits per heavy atom. The molecule has 0 saturated heterocycles. The predicted octanol–water partition coefficient (Wildman–Crippen LogP) is 4.01. The van der Waals surface area contributed by atoms with Gasteiger partial charge in [0.05, 0.1) is 18.6 Å². The van der Waals surface area contributed by atoms with E-state index in [1.807, 2.05) is 31.2 Å². The molecule has 0 fully saturated rings. The lowest BCUT2D eigenvalue weighted by Crippen LogP contribution is -2.26.